The highest BCUT2D eigenvalue weighted by Crippen LogP contribution is 2.03. The Bertz CT molecular complexity index is 393. The van der Waals surface area contributed by atoms with E-state index >= 15 is 0 Å². The van der Waals surface area contributed by atoms with Crippen molar-refractivity contribution in [3.8, 4) is 0 Å². The number of carbonyl (C=O) groups is 1. The van der Waals surface area contributed by atoms with Gasteiger partial charge in [0.25, 0.3) is 0 Å². The second-order valence-corrected chi connectivity index (χ2v) is 5.08. The number of nitrogen functional groups attached to an aromatic ring is 1. The third-order valence-electron chi connectivity index (χ3n) is 2.88. The quantitative estimate of drug-likeness (QED) is 0.732. The molecule has 0 fully saturated rings. The molecule has 0 aliphatic carbocycles. The summed E-state index contributed by atoms with van der Waals surface area (Å²) in [7, 11) is 0. The Morgan fingerprint density at radius 1 is 1.42 bits per heavy atom. The standard InChI is InChI=1S/C12H24N6O/c1-9(2)18(10(3)4)6-5-14-11(19)7-17-8-15-12(13)16-17/h8-10H,5-7H2,1-4H3,(H2,13,16)(H,14,19). The molecular formula is C12H24N6O. The van der Waals surface area contributed by atoms with Gasteiger partial charge in [-0.2, -0.15) is 0 Å². The van der Waals surface area contributed by atoms with Crippen LogP contribution in [0.2, 0.25) is 0 Å². The van der Waals surface area contributed by atoms with Gasteiger partial charge in [-0.15, -0.1) is 5.10 Å². The van der Waals surface area contributed by atoms with E-state index in [-0.39, 0.29) is 18.4 Å². The number of hydrogen-bond donors (Lipinski definition) is 2. The number of nitrogens with two attached hydrogens (primary N) is 1. The van der Waals surface area contributed by atoms with Gasteiger partial charge in [-0.3, -0.25) is 9.69 Å². The molecule has 0 saturated carbocycles. The molecule has 0 aromatic carbocycles. The first kappa shape index (κ1) is 15.4. The number of rotatable bonds is 7. The number of amides is 1. The predicted molar refractivity (Wildman–Crippen MR) is 74.4 cm³/mol. The van der Waals surface area contributed by atoms with E-state index in [0.717, 1.165) is 6.54 Å². The average molecular weight is 268 g/mol. The van der Waals surface area contributed by atoms with E-state index in [0.29, 0.717) is 18.6 Å². The van der Waals surface area contributed by atoms with Gasteiger partial charge in [-0.1, -0.05) is 0 Å². The molecule has 1 rings (SSSR count). The highest BCUT2D eigenvalue weighted by Gasteiger charge is 2.13. The summed E-state index contributed by atoms with van der Waals surface area (Å²) in [4.78, 5) is 17.8. The molecule has 1 amide bonds. The van der Waals surface area contributed by atoms with E-state index in [1.807, 2.05) is 0 Å². The van der Waals surface area contributed by atoms with Gasteiger partial charge < -0.3 is 11.1 Å². The second kappa shape index (κ2) is 7.08. The fourth-order valence-corrected chi connectivity index (χ4v) is 2.03. The average Bonchev–Trinajstić information content (AvgIpc) is 2.69. The molecule has 1 aromatic rings. The molecule has 0 unspecified atom stereocenters. The smallest absolute Gasteiger partial charge is 0.241 e. The molecule has 7 nitrogen and oxygen atoms in total. The van der Waals surface area contributed by atoms with Crippen LogP contribution in [0.1, 0.15) is 27.7 Å². The molecule has 0 spiro atoms. The van der Waals surface area contributed by atoms with Gasteiger partial charge in [0.15, 0.2) is 0 Å². The van der Waals surface area contributed by atoms with Gasteiger partial charge >= 0.3 is 0 Å². The number of nitrogens with zero attached hydrogens (tertiary/aromatic N) is 4. The Kier molecular flexibility index (Phi) is 5.75. The molecule has 19 heavy (non-hydrogen) atoms. The van der Waals surface area contributed by atoms with Crippen LogP contribution in [0.15, 0.2) is 6.33 Å². The Labute approximate surface area is 114 Å². The van der Waals surface area contributed by atoms with Crippen LogP contribution in [0.25, 0.3) is 0 Å². The lowest BCUT2D eigenvalue weighted by Gasteiger charge is -2.30. The lowest BCUT2D eigenvalue weighted by atomic mass is 10.2. The maximum Gasteiger partial charge on any atom is 0.241 e. The maximum atomic E-state index is 11.7. The number of carbonyl (C=O) groups excluding carboxylic acids is 1. The van der Waals surface area contributed by atoms with Gasteiger partial charge in [0, 0.05) is 25.2 Å². The molecule has 0 radical (unpaired) electrons. The van der Waals surface area contributed by atoms with Crippen molar-refractivity contribution in [1.82, 2.24) is 25.0 Å². The molecule has 1 heterocycles. The Balaban J connectivity index is 2.30. The van der Waals surface area contributed by atoms with E-state index in [1.165, 1.54) is 11.0 Å². The van der Waals surface area contributed by atoms with Gasteiger partial charge in [0.1, 0.15) is 12.9 Å². The Hall–Kier alpha value is -1.63. The SMILES string of the molecule is CC(C)N(CCNC(=O)Cn1cnc(N)n1)C(C)C. The molecule has 1 aromatic heterocycles. The summed E-state index contributed by atoms with van der Waals surface area (Å²) in [5, 5.41) is 6.73. The van der Waals surface area contributed by atoms with Crippen molar-refractivity contribution in [3.05, 3.63) is 6.33 Å². The molecule has 0 atom stereocenters. The van der Waals surface area contributed by atoms with Crippen LogP contribution < -0.4 is 11.1 Å². The zero-order valence-corrected chi connectivity index (χ0v) is 12.1. The summed E-state index contributed by atoms with van der Waals surface area (Å²) in [6, 6.07) is 0.930. The second-order valence-electron chi connectivity index (χ2n) is 5.08. The van der Waals surface area contributed by atoms with Crippen molar-refractivity contribution < 1.29 is 4.79 Å². The summed E-state index contributed by atoms with van der Waals surface area (Å²) in [6.07, 6.45) is 1.45. The van der Waals surface area contributed by atoms with Crippen molar-refractivity contribution in [2.24, 2.45) is 0 Å². The monoisotopic (exact) mass is 268 g/mol. The molecule has 0 bridgehead atoms. The van der Waals surface area contributed by atoms with Gasteiger partial charge in [-0.25, -0.2) is 9.67 Å². The minimum Gasteiger partial charge on any atom is -0.367 e. The van der Waals surface area contributed by atoms with E-state index < -0.39 is 0 Å². The minimum atomic E-state index is -0.0858. The maximum absolute atomic E-state index is 11.7. The third-order valence-corrected chi connectivity index (χ3v) is 2.88. The summed E-state index contributed by atoms with van der Waals surface area (Å²) in [5.74, 6) is 0.0935. The third kappa shape index (κ3) is 5.25. The first-order valence-electron chi connectivity index (χ1n) is 6.57. The molecule has 0 aliphatic heterocycles. The fraction of sp³-hybridized carbons (Fsp3) is 0.750. The van der Waals surface area contributed by atoms with E-state index in [4.69, 9.17) is 5.73 Å². The lowest BCUT2D eigenvalue weighted by Crippen LogP contribution is -2.43. The van der Waals surface area contributed by atoms with Crippen molar-refractivity contribution in [2.75, 3.05) is 18.8 Å². The molecule has 108 valence electrons. The van der Waals surface area contributed by atoms with Gasteiger partial charge in [0.2, 0.25) is 11.9 Å². The van der Waals surface area contributed by atoms with Crippen LogP contribution >= 0.6 is 0 Å². The molecule has 7 heteroatoms. The van der Waals surface area contributed by atoms with Crippen LogP contribution in [-0.2, 0) is 11.3 Å². The van der Waals surface area contributed by atoms with Gasteiger partial charge in [0.05, 0.1) is 0 Å². The molecular weight excluding hydrogens is 244 g/mol. The largest absolute Gasteiger partial charge is 0.367 e. The summed E-state index contributed by atoms with van der Waals surface area (Å²) < 4.78 is 1.42. The van der Waals surface area contributed by atoms with Crippen LogP contribution in [-0.4, -0.2) is 50.7 Å². The van der Waals surface area contributed by atoms with Gasteiger partial charge in [-0.05, 0) is 27.7 Å². The number of anilines is 1. The first-order valence-corrected chi connectivity index (χ1v) is 6.57. The van der Waals surface area contributed by atoms with Crippen molar-refractivity contribution >= 4 is 11.9 Å². The summed E-state index contributed by atoms with van der Waals surface area (Å²) in [6.45, 7) is 10.2. The highest BCUT2D eigenvalue weighted by atomic mass is 16.2. The predicted octanol–water partition coefficient (Wildman–Crippen LogP) is 0.0953. The highest BCUT2D eigenvalue weighted by molar-refractivity contribution is 5.75. The Morgan fingerprint density at radius 3 is 2.53 bits per heavy atom. The fourth-order valence-electron chi connectivity index (χ4n) is 2.03. The zero-order chi connectivity index (χ0) is 14.4. The number of nitrogens with one attached hydrogen (secondary N) is 1. The van der Waals surface area contributed by atoms with Crippen LogP contribution in [0, 0.1) is 0 Å². The minimum absolute atomic E-state index is 0.0858. The molecule has 0 saturated heterocycles. The zero-order valence-electron chi connectivity index (χ0n) is 12.1. The summed E-state index contributed by atoms with van der Waals surface area (Å²) >= 11 is 0. The van der Waals surface area contributed by atoms with Crippen LogP contribution in [0.3, 0.4) is 0 Å². The van der Waals surface area contributed by atoms with Crippen LogP contribution in [0.4, 0.5) is 5.95 Å². The number of aromatic nitrogens is 3. The Morgan fingerprint density at radius 2 is 2.05 bits per heavy atom. The van der Waals surface area contributed by atoms with E-state index in [1.54, 1.807) is 0 Å². The first-order chi connectivity index (χ1) is 8.90. The van der Waals surface area contributed by atoms with Crippen molar-refractivity contribution in [1.29, 1.82) is 0 Å². The normalized spacial score (nSPS) is 11.5. The van der Waals surface area contributed by atoms with Crippen molar-refractivity contribution in [2.45, 2.75) is 46.3 Å². The lowest BCUT2D eigenvalue weighted by molar-refractivity contribution is -0.121. The van der Waals surface area contributed by atoms with E-state index in [2.05, 4.69) is 48.0 Å². The number of hydrogen-bond acceptors (Lipinski definition) is 5. The van der Waals surface area contributed by atoms with E-state index in [9.17, 15) is 4.79 Å². The van der Waals surface area contributed by atoms with Crippen LogP contribution in [0.5, 0.6) is 0 Å². The molecule has 0 aliphatic rings. The topological polar surface area (TPSA) is 89.1 Å². The van der Waals surface area contributed by atoms with Crippen molar-refractivity contribution in [3.63, 3.8) is 0 Å². The molecule has 3 N–H and O–H groups in total. The summed E-state index contributed by atoms with van der Waals surface area (Å²) in [5.41, 5.74) is 5.38.